The summed E-state index contributed by atoms with van der Waals surface area (Å²) in [5, 5.41) is 9.42. The highest BCUT2D eigenvalue weighted by Gasteiger charge is 2.16. The third-order valence-corrected chi connectivity index (χ3v) is 4.81. The van der Waals surface area contributed by atoms with Gasteiger partial charge in [0.25, 0.3) is 0 Å². The van der Waals surface area contributed by atoms with Crippen LogP contribution in [0.3, 0.4) is 0 Å². The number of benzene rings is 2. The van der Waals surface area contributed by atoms with E-state index in [0.717, 1.165) is 34.2 Å². The van der Waals surface area contributed by atoms with E-state index in [1.807, 2.05) is 42.5 Å². The molecule has 0 atom stereocenters. The predicted molar refractivity (Wildman–Crippen MR) is 97.4 cm³/mol. The molecule has 0 aliphatic rings. The van der Waals surface area contributed by atoms with Crippen LogP contribution in [0.15, 0.2) is 59.8 Å². The molecule has 4 nitrogen and oxygen atoms in total. The Labute approximate surface area is 145 Å². The number of aromatic nitrogens is 3. The van der Waals surface area contributed by atoms with E-state index in [0.29, 0.717) is 5.75 Å². The van der Waals surface area contributed by atoms with Crippen LogP contribution in [0, 0.1) is 6.92 Å². The Hall–Kier alpha value is -2.40. The minimum absolute atomic E-state index is 0.101. The van der Waals surface area contributed by atoms with Gasteiger partial charge in [0.1, 0.15) is 0 Å². The van der Waals surface area contributed by atoms with Crippen molar-refractivity contribution in [2.45, 2.75) is 25.5 Å². The van der Waals surface area contributed by atoms with Crippen LogP contribution in [-0.4, -0.2) is 26.3 Å². The fourth-order valence-corrected chi connectivity index (χ4v) is 3.44. The summed E-state index contributed by atoms with van der Waals surface area (Å²) in [5.41, 5.74) is 2.97. The van der Waals surface area contributed by atoms with Crippen molar-refractivity contribution in [3.63, 3.8) is 0 Å². The molecular formula is C19H19N3OS. The summed E-state index contributed by atoms with van der Waals surface area (Å²) < 4.78 is 2.06. The van der Waals surface area contributed by atoms with E-state index in [9.17, 15) is 4.79 Å². The molecule has 0 radical (unpaired) electrons. The lowest BCUT2D eigenvalue weighted by atomic mass is 10.1. The molecule has 0 amide bonds. The van der Waals surface area contributed by atoms with Crippen LogP contribution in [0.5, 0.6) is 0 Å². The summed E-state index contributed by atoms with van der Waals surface area (Å²) in [4.78, 5) is 12.3. The van der Waals surface area contributed by atoms with Gasteiger partial charge in [-0.3, -0.25) is 4.79 Å². The standard InChI is InChI=1S/C19H19N3OS/c1-3-22-18(16-12-8-7-9-14(16)2)20-21-19(22)24-13-17(23)15-10-5-4-6-11-15/h4-12H,3,13H2,1-2H3. The van der Waals surface area contributed by atoms with Crippen LogP contribution in [-0.2, 0) is 6.54 Å². The fourth-order valence-electron chi connectivity index (χ4n) is 2.54. The Kier molecular flexibility index (Phi) is 5.11. The summed E-state index contributed by atoms with van der Waals surface area (Å²) in [6.45, 7) is 4.89. The number of aryl methyl sites for hydroxylation is 1. The average molecular weight is 337 g/mol. The Morgan fingerprint density at radius 3 is 2.46 bits per heavy atom. The van der Waals surface area contributed by atoms with Gasteiger partial charge in [-0.15, -0.1) is 10.2 Å². The van der Waals surface area contributed by atoms with E-state index in [-0.39, 0.29) is 5.78 Å². The average Bonchev–Trinajstić information content (AvgIpc) is 3.03. The molecule has 3 aromatic rings. The molecule has 0 unspecified atom stereocenters. The van der Waals surface area contributed by atoms with Gasteiger partial charge in [0, 0.05) is 17.7 Å². The topological polar surface area (TPSA) is 47.8 Å². The summed E-state index contributed by atoms with van der Waals surface area (Å²) in [7, 11) is 0. The van der Waals surface area contributed by atoms with E-state index in [1.165, 1.54) is 11.8 Å². The first-order valence-corrected chi connectivity index (χ1v) is 8.89. The summed E-state index contributed by atoms with van der Waals surface area (Å²) in [6.07, 6.45) is 0. The summed E-state index contributed by atoms with van der Waals surface area (Å²) in [5.74, 6) is 1.31. The number of ketones is 1. The highest BCUT2D eigenvalue weighted by atomic mass is 32.2. The number of hydrogen-bond donors (Lipinski definition) is 0. The van der Waals surface area contributed by atoms with Gasteiger partial charge in [-0.1, -0.05) is 66.4 Å². The lowest BCUT2D eigenvalue weighted by Crippen LogP contribution is -2.05. The highest BCUT2D eigenvalue weighted by molar-refractivity contribution is 7.99. The van der Waals surface area contributed by atoms with Gasteiger partial charge in [-0.05, 0) is 19.4 Å². The number of rotatable bonds is 6. The molecule has 0 saturated carbocycles. The van der Waals surface area contributed by atoms with Gasteiger partial charge in [0.05, 0.1) is 5.75 Å². The van der Waals surface area contributed by atoms with Crippen molar-refractivity contribution in [3.8, 4) is 11.4 Å². The fraction of sp³-hybridized carbons (Fsp3) is 0.211. The zero-order valence-corrected chi connectivity index (χ0v) is 14.6. The zero-order chi connectivity index (χ0) is 16.9. The summed E-state index contributed by atoms with van der Waals surface area (Å²) in [6, 6.07) is 17.5. The molecule has 5 heteroatoms. The molecule has 0 saturated heterocycles. The molecule has 0 N–H and O–H groups in total. The van der Waals surface area contributed by atoms with Gasteiger partial charge in [0.15, 0.2) is 16.8 Å². The second-order valence-corrected chi connectivity index (χ2v) is 6.39. The third kappa shape index (κ3) is 3.41. The Balaban J connectivity index is 1.80. The van der Waals surface area contributed by atoms with Gasteiger partial charge < -0.3 is 4.57 Å². The van der Waals surface area contributed by atoms with Crippen molar-refractivity contribution in [1.82, 2.24) is 14.8 Å². The molecule has 3 rings (SSSR count). The Morgan fingerprint density at radius 2 is 1.75 bits per heavy atom. The molecule has 0 aliphatic carbocycles. The maximum absolute atomic E-state index is 12.3. The molecule has 0 aliphatic heterocycles. The van der Waals surface area contributed by atoms with E-state index in [1.54, 1.807) is 0 Å². The molecule has 0 bridgehead atoms. The van der Waals surface area contributed by atoms with E-state index < -0.39 is 0 Å². The van der Waals surface area contributed by atoms with Gasteiger partial charge in [-0.25, -0.2) is 0 Å². The van der Waals surface area contributed by atoms with E-state index >= 15 is 0 Å². The minimum atomic E-state index is 0.101. The maximum atomic E-state index is 12.3. The highest BCUT2D eigenvalue weighted by Crippen LogP contribution is 2.26. The van der Waals surface area contributed by atoms with Gasteiger partial charge >= 0.3 is 0 Å². The third-order valence-electron chi connectivity index (χ3n) is 3.85. The van der Waals surface area contributed by atoms with Crippen LogP contribution in [0.2, 0.25) is 0 Å². The van der Waals surface area contributed by atoms with Crippen LogP contribution >= 0.6 is 11.8 Å². The van der Waals surface area contributed by atoms with Crippen LogP contribution < -0.4 is 0 Å². The first-order valence-electron chi connectivity index (χ1n) is 7.91. The largest absolute Gasteiger partial charge is 0.302 e. The Morgan fingerprint density at radius 1 is 1.04 bits per heavy atom. The number of carbonyl (C=O) groups is 1. The molecule has 122 valence electrons. The molecule has 24 heavy (non-hydrogen) atoms. The van der Waals surface area contributed by atoms with Gasteiger partial charge in [0.2, 0.25) is 0 Å². The van der Waals surface area contributed by atoms with Crippen molar-refractivity contribution in [3.05, 3.63) is 65.7 Å². The van der Waals surface area contributed by atoms with Crippen molar-refractivity contribution in [2.75, 3.05) is 5.75 Å². The van der Waals surface area contributed by atoms with Crippen molar-refractivity contribution in [2.24, 2.45) is 0 Å². The van der Waals surface area contributed by atoms with Crippen LogP contribution in [0.4, 0.5) is 0 Å². The second kappa shape index (κ2) is 7.45. The monoisotopic (exact) mass is 337 g/mol. The van der Waals surface area contributed by atoms with Gasteiger partial charge in [-0.2, -0.15) is 0 Å². The quantitative estimate of drug-likeness (QED) is 0.498. The molecule has 0 spiro atoms. The lowest BCUT2D eigenvalue weighted by Gasteiger charge is -2.09. The molecule has 0 fully saturated rings. The number of Topliss-reactive ketones (excluding diaryl/α,β-unsaturated/α-hetero) is 1. The molecular weight excluding hydrogens is 318 g/mol. The number of carbonyl (C=O) groups excluding carboxylic acids is 1. The number of hydrogen-bond acceptors (Lipinski definition) is 4. The van der Waals surface area contributed by atoms with Crippen molar-refractivity contribution < 1.29 is 4.79 Å². The second-order valence-electron chi connectivity index (χ2n) is 5.44. The van der Waals surface area contributed by atoms with Crippen molar-refractivity contribution >= 4 is 17.5 Å². The van der Waals surface area contributed by atoms with Crippen LogP contribution in [0.25, 0.3) is 11.4 Å². The van der Waals surface area contributed by atoms with Crippen molar-refractivity contribution in [1.29, 1.82) is 0 Å². The summed E-state index contributed by atoms with van der Waals surface area (Å²) >= 11 is 1.44. The maximum Gasteiger partial charge on any atom is 0.191 e. The predicted octanol–water partition coefficient (Wildman–Crippen LogP) is 4.25. The first-order chi connectivity index (χ1) is 11.7. The SMILES string of the molecule is CCn1c(SCC(=O)c2ccccc2)nnc1-c1ccccc1C. The zero-order valence-electron chi connectivity index (χ0n) is 13.8. The number of thioether (sulfide) groups is 1. The molecule has 1 aromatic heterocycles. The molecule has 2 aromatic carbocycles. The van der Waals surface area contributed by atoms with E-state index in [4.69, 9.17) is 0 Å². The molecule has 1 heterocycles. The Bertz CT molecular complexity index is 843. The lowest BCUT2D eigenvalue weighted by molar-refractivity contribution is 0.102. The smallest absolute Gasteiger partial charge is 0.191 e. The number of nitrogens with zero attached hydrogens (tertiary/aromatic N) is 3. The first kappa shape index (κ1) is 16.5. The van der Waals surface area contributed by atoms with E-state index in [2.05, 4.69) is 40.7 Å². The van der Waals surface area contributed by atoms with Crippen LogP contribution in [0.1, 0.15) is 22.8 Å². The minimum Gasteiger partial charge on any atom is -0.302 e. The normalized spacial score (nSPS) is 10.8.